The first-order valence-corrected chi connectivity index (χ1v) is 9.71. The average Bonchev–Trinajstić information content (AvgIpc) is 2.80. The Hall–Kier alpha value is -1.35. The minimum absolute atomic E-state index is 0.0481. The van der Waals surface area contributed by atoms with Crippen LogP contribution in [-0.4, -0.2) is 36.1 Å². The lowest BCUT2D eigenvalue weighted by molar-refractivity contribution is -0.157. The molecule has 1 aromatic rings. The molecule has 0 radical (unpaired) electrons. The normalized spacial score (nSPS) is 36.5. The van der Waals surface area contributed by atoms with Crippen LogP contribution < -0.4 is 0 Å². The van der Waals surface area contributed by atoms with Crippen LogP contribution in [0, 0.1) is 5.92 Å². The average molecular weight is 327 g/mol. The summed E-state index contributed by atoms with van der Waals surface area (Å²) in [5, 5.41) is 0. The maximum absolute atomic E-state index is 13.0. The van der Waals surface area contributed by atoms with E-state index in [1.54, 1.807) is 0 Å². The smallest absolute Gasteiger partial charge is 0.309 e. The number of rotatable bonds is 3. The predicted molar refractivity (Wildman–Crippen MR) is 94.8 cm³/mol. The lowest BCUT2D eigenvalue weighted by atomic mass is 9.75. The van der Waals surface area contributed by atoms with Gasteiger partial charge in [0.2, 0.25) is 0 Å². The number of benzene rings is 1. The summed E-state index contributed by atoms with van der Waals surface area (Å²) in [5.41, 5.74) is 1.31. The van der Waals surface area contributed by atoms with E-state index >= 15 is 0 Å². The van der Waals surface area contributed by atoms with Crippen LogP contribution in [0.2, 0.25) is 0 Å². The lowest BCUT2D eigenvalue weighted by Gasteiger charge is -2.33. The number of ether oxygens (including phenoxy) is 1. The van der Waals surface area contributed by atoms with Crippen molar-refractivity contribution in [3.63, 3.8) is 0 Å². The van der Waals surface area contributed by atoms with Crippen molar-refractivity contribution < 1.29 is 9.53 Å². The van der Waals surface area contributed by atoms with Gasteiger partial charge in [-0.1, -0.05) is 49.6 Å². The first kappa shape index (κ1) is 16.1. The molecule has 1 saturated carbocycles. The molecule has 0 N–H and O–H groups in total. The van der Waals surface area contributed by atoms with Gasteiger partial charge in [0.05, 0.1) is 5.92 Å². The van der Waals surface area contributed by atoms with Crippen molar-refractivity contribution in [2.45, 2.75) is 75.5 Å². The van der Waals surface area contributed by atoms with Gasteiger partial charge in [0.15, 0.2) is 0 Å². The number of hydrogen-bond donors (Lipinski definition) is 0. The molecule has 3 nitrogen and oxygen atoms in total. The first-order valence-electron chi connectivity index (χ1n) is 9.71. The number of fused-ring (bicyclic) bond motifs is 2. The third kappa shape index (κ3) is 2.99. The molecule has 2 bridgehead atoms. The van der Waals surface area contributed by atoms with E-state index in [-0.39, 0.29) is 18.0 Å². The standard InChI is InChI=1S/C21H29NO2/c1-22-16-10-7-13-19(22)20(14-16)24-21(23)18-12-6-5-11-17(18)15-8-3-2-4-9-15/h2-4,8-9,16-20H,5-7,10-14H2,1H3/t16-,17?,18?,19+,20-/m0/s1. The fraction of sp³-hybridized carbons (Fsp3) is 0.667. The SMILES string of the molecule is CN1[C@H]2CCC[C@@H]1[C@@H](OC(=O)C1CCCCC1c1ccccc1)C2. The summed E-state index contributed by atoms with van der Waals surface area (Å²) in [7, 11) is 2.20. The van der Waals surface area contributed by atoms with Crippen LogP contribution in [-0.2, 0) is 9.53 Å². The molecule has 0 amide bonds. The second-order valence-electron chi connectivity index (χ2n) is 7.94. The van der Waals surface area contributed by atoms with Crippen molar-refractivity contribution in [1.29, 1.82) is 0 Å². The second-order valence-corrected chi connectivity index (χ2v) is 7.94. The third-order valence-corrected chi connectivity index (χ3v) is 6.63. The van der Waals surface area contributed by atoms with Crippen LogP contribution >= 0.6 is 0 Å². The molecule has 3 aliphatic rings. The molecule has 0 spiro atoms. The zero-order valence-electron chi connectivity index (χ0n) is 14.7. The van der Waals surface area contributed by atoms with E-state index in [0.29, 0.717) is 18.0 Å². The fourth-order valence-electron chi connectivity index (χ4n) is 5.27. The molecule has 24 heavy (non-hydrogen) atoms. The van der Waals surface area contributed by atoms with E-state index in [4.69, 9.17) is 4.74 Å². The molecule has 3 heteroatoms. The Morgan fingerprint density at radius 3 is 2.62 bits per heavy atom. The second kappa shape index (κ2) is 6.87. The van der Waals surface area contributed by atoms with Crippen LogP contribution in [0.4, 0.5) is 0 Å². The molecular formula is C21H29NO2. The molecule has 1 aliphatic carbocycles. The van der Waals surface area contributed by atoms with Crippen molar-refractivity contribution in [3.8, 4) is 0 Å². The molecular weight excluding hydrogens is 298 g/mol. The highest BCUT2D eigenvalue weighted by Crippen LogP contribution is 2.41. The topological polar surface area (TPSA) is 29.5 Å². The van der Waals surface area contributed by atoms with Gasteiger partial charge in [0.25, 0.3) is 0 Å². The van der Waals surface area contributed by atoms with Gasteiger partial charge in [-0.05, 0) is 44.2 Å². The summed E-state index contributed by atoms with van der Waals surface area (Å²) in [6, 6.07) is 11.6. The number of nitrogens with zero attached hydrogens (tertiary/aromatic N) is 1. The van der Waals surface area contributed by atoms with E-state index in [2.05, 4.69) is 36.2 Å². The van der Waals surface area contributed by atoms with Crippen molar-refractivity contribution in [1.82, 2.24) is 4.90 Å². The zero-order valence-corrected chi connectivity index (χ0v) is 14.7. The number of likely N-dealkylation sites (N-methyl/N-ethyl adjacent to an activating group) is 1. The Morgan fingerprint density at radius 2 is 1.83 bits per heavy atom. The van der Waals surface area contributed by atoms with Crippen molar-refractivity contribution >= 4 is 5.97 Å². The maximum atomic E-state index is 13.0. The Labute approximate surface area is 145 Å². The largest absolute Gasteiger partial charge is 0.460 e. The van der Waals surface area contributed by atoms with Crippen LogP contribution in [0.5, 0.6) is 0 Å². The van der Waals surface area contributed by atoms with Crippen molar-refractivity contribution in [3.05, 3.63) is 35.9 Å². The molecule has 2 aliphatic heterocycles. The van der Waals surface area contributed by atoms with E-state index in [9.17, 15) is 4.79 Å². The molecule has 1 aromatic carbocycles. The van der Waals surface area contributed by atoms with Crippen LogP contribution in [0.3, 0.4) is 0 Å². The van der Waals surface area contributed by atoms with Gasteiger partial charge in [-0.15, -0.1) is 0 Å². The highest BCUT2D eigenvalue weighted by atomic mass is 16.5. The highest BCUT2D eigenvalue weighted by molar-refractivity contribution is 5.74. The molecule has 5 atom stereocenters. The molecule has 2 heterocycles. The summed E-state index contributed by atoms with van der Waals surface area (Å²) < 4.78 is 6.11. The van der Waals surface area contributed by atoms with Gasteiger partial charge in [0, 0.05) is 18.5 Å². The molecule has 2 unspecified atom stereocenters. The fourth-order valence-corrected chi connectivity index (χ4v) is 5.27. The molecule has 0 aromatic heterocycles. The summed E-state index contributed by atoms with van der Waals surface area (Å²) in [6.07, 6.45) is 9.34. The lowest BCUT2D eigenvalue weighted by Crippen LogP contribution is -2.41. The maximum Gasteiger partial charge on any atom is 0.309 e. The number of carbonyl (C=O) groups excluding carboxylic acids is 1. The first-order chi connectivity index (χ1) is 11.7. The summed E-state index contributed by atoms with van der Waals surface area (Å²) in [4.78, 5) is 15.4. The van der Waals surface area contributed by atoms with Crippen LogP contribution in [0.25, 0.3) is 0 Å². The van der Waals surface area contributed by atoms with E-state index < -0.39 is 0 Å². The Balaban J connectivity index is 1.46. The summed E-state index contributed by atoms with van der Waals surface area (Å²) in [6.45, 7) is 0. The van der Waals surface area contributed by atoms with Crippen LogP contribution in [0.1, 0.15) is 62.8 Å². The minimum atomic E-state index is 0.0481. The van der Waals surface area contributed by atoms with Crippen molar-refractivity contribution in [2.75, 3.05) is 7.05 Å². The van der Waals surface area contributed by atoms with E-state index in [0.717, 1.165) is 25.7 Å². The van der Waals surface area contributed by atoms with Gasteiger partial charge in [-0.2, -0.15) is 0 Å². The molecule has 130 valence electrons. The summed E-state index contributed by atoms with van der Waals surface area (Å²) >= 11 is 0. The molecule has 4 rings (SSSR count). The number of hydrogen-bond acceptors (Lipinski definition) is 3. The summed E-state index contributed by atoms with van der Waals surface area (Å²) in [5.74, 6) is 0.451. The quantitative estimate of drug-likeness (QED) is 0.782. The minimum Gasteiger partial charge on any atom is -0.460 e. The van der Waals surface area contributed by atoms with Crippen molar-refractivity contribution in [2.24, 2.45) is 5.92 Å². The Morgan fingerprint density at radius 1 is 1.04 bits per heavy atom. The van der Waals surface area contributed by atoms with Gasteiger partial charge < -0.3 is 4.74 Å². The number of piperidine rings is 1. The number of esters is 1. The number of carbonyl (C=O) groups is 1. The van der Waals surface area contributed by atoms with Crippen LogP contribution in [0.15, 0.2) is 30.3 Å². The van der Waals surface area contributed by atoms with Gasteiger partial charge >= 0.3 is 5.97 Å². The van der Waals surface area contributed by atoms with Gasteiger partial charge in [0.1, 0.15) is 6.10 Å². The Bertz CT molecular complexity index is 572. The van der Waals surface area contributed by atoms with E-state index in [1.807, 2.05) is 6.07 Å². The molecule has 3 fully saturated rings. The zero-order chi connectivity index (χ0) is 16.5. The monoisotopic (exact) mass is 327 g/mol. The third-order valence-electron chi connectivity index (χ3n) is 6.63. The Kier molecular flexibility index (Phi) is 4.62. The van der Waals surface area contributed by atoms with Gasteiger partial charge in [-0.25, -0.2) is 0 Å². The highest BCUT2D eigenvalue weighted by Gasteiger charge is 2.44. The molecule has 2 saturated heterocycles. The predicted octanol–water partition coefficient (Wildman–Crippen LogP) is 4.13. The van der Waals surface area contributed by atoms with E-state index in [1.165, 1.54) is 31.2 Å². The van der Waals surface area contributed by atoms with Gasteiger partial charge in [-0.3, -0.25) is 9.69 Å².